The first-order valence-electron chi connectivity index (χ1n) is 11.6. The summed E-state index contributed by atoms with van der Waals surface area (Å²) in [6.07, 6.45) is 0. The Balaban J connectivity index is 2.08. The number of hydrogen-bond acceptors (Lipinski definition) is 4. The molecule has 0 bridgehead atoms. The molecule has 0 saturated carbocycles. The molecule has 0 fully saturated rings. The van der Waals surface area contributed by atoms with Crippen molar-refractivity contribution in [3.63, 3.8) is 0 Å². The van der Waals surface area contributed by atoms with Crippen LogP contribution in [-0.4, -0.2) is 44.8 Å². The van der Waals surface area contributed by atoms with Gasteiger partial charge in [0.05, 0.1) is 10.6 Å². The van der Waals surface area contributed by atoms with E-state index in [2.05, 4.69) is 5.32 Å². The summed E-state index contributed by atoms with van der Waals surface area (Å²) in [5.41, 5.74) is 2.55. The first kappa shape index (κ1) is 28.5. The van der Waals surface area contributed by atoms with Gasteiger partial charge in [0.2, 0.25) is 11.8 Å². The van der Waals surface area contributed by atoms with Crippen molar-refractivity contribution in [2.75, 3.05) is 17.9 Å². The molecule has 3 aromatic rings. The summed E-state index contributed by atoms with van der Waals surface area (Å²) in [5.74, 6) is -0.967. The number of nitrogens with one attached hydrogen (secondary N) is 1. The van der Waals surface area contributed by atoms with Crippen LogP contribution in [-0.2, 0) is 26.2 Å². The molecular weight excluding hydrogens is 533 g/mol. The quantitative estimate of drug-likeness (QED) is 0.399. The number of benzene rings is 3. The zero-order valence-electron chi connectivity index (χ0n) is 21.0. The normalized spacial score (nSPS) is 12.1. The SMILES string of the molecule is CNC(=O)[C@H](C)N(Cc1ccc(Cl)cc1Cl)C(=O)CN(c1cccc(C)c1C)S(=O)(=O)c1ccccc1. The molecule has 196 valence electrons. The summed E-state index contributed by atoms with van der Waals surface area (Å²) in [5, 5.41) is 3.31. The van der Waals surface area contributed by atoms with Crippen molar-refractivity contribution in [2.24, 2.45) is 0 Å². The third-order valence-electron chi connectivity index (χ3n) is 6.22. The van der Waals surface area contributed by atoms with E-state index in [0.29, 0.717) is 21.3 Å². The van der Waals surface area contributed by atoms with Gasteiger partial charge < -0.3 is 10.2 Å². The number of hydrogen-bond donors (Lipinski definition) is 1. The van der Waals surface area contributed by atoms with Crippen LogP contribution < -0.4 is 9.62 Å². The molecule has 10 heteroatoms. The van der Waals surface area contributed by atoms with Gasteiger partial charge in [0.1, 0.15) is 12.6 Å². The number of nitrogens with zero attached hydrogens (tertiary/aromatic N) is 2. The van der Waals surface area contributed by atoms with Crippen LogP contribution in [0.4, 0.5) is 5.69 Å². The maximum absolute atomic E-state index is 13.8. The molecular formula is C27H29Cl2N3O4S. The van der Waals surface area contributed by atoms with Crippen molar-refractivity contribution in [1.29, 1.82) is 0 Å². The third kappa shape index (κ3) is 6.44. The Morgan fingerprint density at radius 3 is 2.27 bits per heavy atom. The second-order valence-corrected chi connectivity index (χ2v) is 11.3. The molecule has 3 aromatic carbocycles. The van der Waals surface area contributed by atoms with Crippen LogP contribution in [0.15, 0.2) is 71.6 Å². The highest BCUT2D eigenvalue weighted by atomic mass is 35.5. The van der Waals surface area contributed by atoms with Crippen LogP contribution in [0.2, 0.25) is 10.0 Å². The minimum atomic E-state index is -4.12. The highest BCUT2D eigenvalue weighted by Gasteiger charge is 2.33. The van der Waals surface area contributed by atoms with E-state index in [0.717, 1.165) is 15.4 Å². The Morgan fingerprint density at radius 1 is 0.973 bits per heavy atom. The van der Waals surface area contributed by atoms with Gasteiger partial charge >= 0.3 is 0 Å². The summed E-state index contributed by atoms with van der Waals surface area (Å²) in [7, 11) is -2.65. The van der Waals surface area contributed by atoms with E-state index in [1.807, 2.05) is 13.0 Å². The lowest BCUT2D eigenvalue weighted by atomic mass is 10.1. The number of likely N-dealkylation sites (N-methyl/N-ethyl adjacent to an activating group) is 1. The van der Waals surface area contributed by atoms with E-state index in [-0.39, 0.29) is 11.4 Å². The number of anilines is 1. The largest absolute Gasteiger partial charge is 0.357 e. The fraction of sp³-hybridized carbons (Fsp3) is 0.259. The highest BCUT2D eigenvalue weighted by Crippen LogP contribution is 2.29. The lowest BCUT2D eigenvalue weighted by molar-refractivity contribution is -0.139. The van der Waals surface area contributed by atoms with Crippen molar-refractivity contribution in [2.45, 2.75) is 38.3 Å². The van der Waals surface area contributed by atoms with Gasteiger partial charge in [-0.05, 0) is 67.8 Å². The first-order valence-corrected chi connectivity index (χ1v) is 13.8. The van der Waals surface area contributed by atoms with Crippen LogP contribution >= 0.6 is 23.2 Å². The van der Waals surface area contributed by atoms with Gasteiger partial charge in [0.15, 0.2) is 0 Å². The Hall–Kier alpha value is -3.07. The van der Waals surface area contributed by atoms with Crippen molar-refractivity contribution in [3.8, 4) is 0 Å². The summed E-state index contributed by atoms with van der Waals surface area (Å²) in [6, 6.07) is 17.2. The molecule has 0 aliphatic heterocycles. The fourth-order valence-electron chi connectivity index (χ4n) is 3.86. The number of rotatable bonds is 9. The van der Waals surface area contributed by atoms with E-state index in [1.54, 1.807) is 62.4 Å². The van der Waals surface area contributed by atoms with Gasteiger partial charge in [-0.1, -0.05) is 59.6 Å². The molecule has 0 aliphatic carbocycles. The highest BCUT2D eigenvalue weighted by molar-refractivity contribution is 7.92. The Kier molecular flexibility index (Phi) is 9.23. The number of amides is 2. The van der Waals surface area contributed by atoms with Crippen LogP contribution in [0, 0.1) is 13.8 Å². The van der Waals surface area contributed by atoms with Crippen LogP contribution in [0.25, 0.3) is 0 Å². The molecule has 3 rings (SSSR count). The fourth-order valence-corrected chi connectivity index (χ4v) is 5.82. The topological polar surface area (TPSA) is 86.8 Å². The molecule has 7 nitrogen and oxygen atoms in total. The van der Waals surface area contributed by atoms with E-state index >= 15 is 0 Å². The third-order valence-corrected chi connectivity index (χ3v) is 8.59. The Labute approximate surface area is 228 Å². The zero-order chi connectivity index (χ0) is 27.3. The molecule has 0 aromatic heterocycles. The second-order valence-electron chi connectivity index (χ2n) is 8.59. The summed E-state index contributed by atoms with van der Waals surface area (Å²) >= 11 is 12.4. The lowest BCUT2D eigenvalue weighted by Crippen LogP contribution is -2.50. The molecule has 1 N–H and O–H groups in total. The number of sulfonamides is 1. The van der Waals surface area contributed by atoms with Gasteiger partial charge in [-0.15, -0.1) is 0 Å². The molecule has 37 heavy (non-hydrogen) atoms. The molecule has 0 unspecified atom stereocenters. The Bertz CT molecular complexity index is 1400. The van der Waals surface area contributed by atoms with E-state index in [1.165, 1.54) is 24.1 Å². The number of carbonyl (C=O) groups excluding carboxylic acids is 2. The van der Waals surface area contributed by atoms with Crippen molar-refractivity contribution >= 4 is 50.7 Å². The minimum Gasteiger partial charge on any atom is -0.357 e. The molecule has 2 amide bonds. The predicted octanol–water partition coefficient (Wildman–Crippen LogP) is 4.97. The maximum atomic E-state index is 13.8. The van der Waals surface area contributed by atoms with Gasteiger partial charge in [-0.25, -0.2) is 8.42 Å². The van der Waals surface area contributed by atoms with Crippen LogP contribution in [0.1, 0.15) is 23.6 Å². The molecule has 1 atom stereocenters. The first-order chi connectivity index (χ1) is 17.5. The summed E-state index contributed by atoms with van der Waals surface area (Å²) in [4.78, 5) is 27.7. The standard InChI is InChI=1S/C27H29Cl2N3O4S/c1-18-9-8-12-25(19(18)2)32(37(35,36)23-10-6-5-7-11-23)17-26(33)31(20(3)27(34)30-4)16-21-13-14-22(28)15-24(21)29/h5-15,20H,16-17H2,1-4H3,(H,30,34)/t20-/m0/s1. The Morgan fingerprint density at radius 2 is 1.65 bits per heavy atom. The molecule has 0 heterocycles. The van der Waals surface area contributed by atoms with Gasteiger partial charge in [0.25, 0.3) is 10.0 Å². The van der Waals surface area contributed by atoms with E-state index in [9.17, 15) is 18.0 Å². The number of carbonyl (C=O) groups is 2. The smallest absolute Gasteiger partial charge is 0.264 e. The minimum absolute atomic E-state index is 0.0184. The summed E-state index contributed by atoms with van der Waals surface area (Å²) in [6.45, 7) is 4.72. The molecule has 0 spiro atoms. The van der Waals surface area contributed by atoms with Crippen molar-refractivity contribution in [1.82, 2.24) is 10.2 Å². The average Bonchev–Trinajstić information content (AvgIpc) is 2.88. The average molecular weight is 563 g/mol. The zero-order valence-corrected chi connectivity index (χ0v) is 23.4. The molecule has 0 aliphatic rings. The number of halogens is 2. The van der Waals surface area contributed by atoms with Gasteiger partial charge in [-0.3, -0.25) is 13.9 Å². The monoisotopic (exact) mass is 561 g/mol. The predicted molar refractivity (Wildman–Crippen MR) is 147 cm³/mol. The second kappa shape index (κ2) is 12.0. The summed E-state index contributed by atoms with van der Waals surface area (Å²) < 4.78 is 28.7. The van der Waals surface area contributed by atoms with E-state index in [4.69, 9.17) is 23.2 Å². The van der Waals surface area contributed by atoms with Crippen LogP contribution in [0.3, 0.4) is 0 Å². The van der Waals surface area contributed by atoms with Gasteiger partial charge in [-0.2, -0.15) is 0 Å². The lowest BCUT2D eigenvalue weighted by Gasteiger charge is -2.32. The molecule has 0 saturated heterocycles. The van der Waals surface area contributed by atoms with Gasteiger partial charge in [0, 0.05) is 23.6 Å². The maximum Gasteiger partial charge on any atom is 0.264 e. The molecule has 0 radical (unpaired) electrons. The van der Waals surface area contributed by atoms with E-state index < -0.39 is 34.4 Å². The van der Waals surface area contributed by atoms with Crippen molar-refractivity contribution < 1.29 is 18.0 Å². The van der Waals surface area contributed by atoms with Crippen molar-refractivity contribution in [3.05, 3.63) is 93.5 Å². The van der Waals surface area contributed by atoms with Crippen LogP contribution in [0.5, 0.6) is 0 Å². The number of aryl methyl sites for hydroxylation is 1.